The number of aliphatic hydroxyl groups is 1. The van der Waals surface area contributed by atoms with Crippen LogP contribution in [0.25, 0.3) is 0 Å². The summed E-state index contributed by atoms with van der Waals surface area (Å²) in [5.41, 5.74) is 0.852. The van der Waals surface area contributed by atoms with Crippen LogP contribution in [0.5, 0.6) is 5.75 Å². The van der Waals surface area contributed by atoms with Crippen molar-refractivity contribution in [2.45, 2.75) is 38.5 Å². The van der Waals surface area contributed by atoms with E-state index in [1.165, 1.54) is 36.5 Å². The van der Waals surface area contributed by atoms with Crippen LogP contribution in [0, 0.1) is 0 Å². The molecule has 0 fully saturated rings. The van der Waals surface area contributed by atoms with E-state index in [0.717, 1.165) is 5.56 Å². The van der Waals surface area contributed by atoms with Crippen LogP contribution >= 0.6 is 0 Å². The van der Waals surface area contributed by atoms with Gasteiger partial charge >= 0.3 is 6.18 Å². The van der Waals surface area contributed by atoms with Gasteiger partial charge in [-0.1, -0.05) is 45.0 Å². The molecule has 134 valence electrons. The number of alkyl halides is 3. The maximum atomic E-state index is 12.8. The minimum atomic E-state index is -4.78. The zero-order valence-corrected chi connectivity index (χ0v) is 14.2. The monoisotopic (exact) mass is 351 g/mol. The van der Waals surface area contributed by atoms with E-state index in [-0.39, 0.29) is 22.4 Å². The Morgan fingerprint density at radius 2 is 1.68 bits per heavy atom. The molecule has 6 heteroatoms. The highest BCUT2D eigenvalue weighted by Gasteiger charge is 2.40. The molecule has 0 saturated carbocycles. The van der Waals surface area contributed by atoms with E-state index in [9.17, 15) is 23.4 Å². The van der Waals surface area contributed by atoms with Gasteiger partial charge in [0.25, 0.3) is 0 Å². The summed E-state index contributed by atoms with van der Waals surface area (Å²) < 4.78 is 38.4. The molecule has 0 spiro atoms. The van der Waals surface area contributed by atoms with E-state index in [0.29, 0.717) is 5.56 Å². The van der Waals surface area contributed by atoms with Gasteiger partial charge in [0.1, 0.15) is 5.75 Å². The molecule has 0 bridgehead atoms. The maximum absolute atomic E-state index is 12.8. The Balaban J connectivity index is 2.41. The number of hydrogen-bond acceptors (Lipinski definition) is 3. The second kappa shape index (κ2) is 6.88. The predicted molar refractivity (Wildman–Crippen MR) is 91.5 cm³/mol. The molecule has 0 aromatic heterocycles. The van der Waals surface area contributed by atoms with Crippen LogP contribution in [-0.4, -0.2) is 22.6 Å². The fourth-order valence-electron chi connectivity index (χ4n) is 2.28. The van der Waals surface area contributed by atoms with Crippen molar-refractivity contribution >= 4 is 11.9 Å². The lowest BCUT2D eigenvalue weighted by Crippen LogP contribution is -2.20. The molecule has 3 nitrogen and oxygen atoms in total. The molecular formula is C19H20F3NO2. The van der Waals surface area contributed by atoms with Crippen molar-refractivity contribution < 1.29 is 23.4 Å². The number of rotatable bonds is 3. The van der Waals surface area contributed by atoms with E-state index < -0.39 is 12.3 Å². The van der Waals surface area contributed by atoms with Gasteiger partial charge in [0, 0.05) is 17.3 Å². The third kappa shape index (κ3) is 4.60. The first kappa shape index (κ1) is 19.0. The molecule has 25 heavy (non-hydrogen) atoms. The number of aliphatic imine (C=N–C) groups is 1. The molecular weight excluding hydrogens is 331 g/mol. The zero-order chi connectivity index (χ0) is 18.8. The van der Waals surface area contributed by atoms with Crippen molar-refractivity contribution in [1.29, 1.82) is 0 Å². The normalized spacial score (nSPS) is 14.0. The molecule has 0 unspecified atom stereocenters. The molecule has 0 aliphatic rings. The molecule has 1 atom stereocenters. The summed E-state index contributed by atoms with van der Waals surface area (Å²) in [6.07, 6.45) is -6.10. The summed E-state index contributed by atoms with van der Waals surface area (Å²) in [5, 5.41) is 19.5. The second-order valence-corrected chi connectivity index (χ2v) is 6.78. The Labute approximate surface area is 144 Å². The van der Waals surface area contributed by atoms with Crippen LogP contribution in [0.4, 0.5) is 18.9 Å². The standard InChI is InChI=1S/C19H20F3NO2/c1-18(2,3)13-8-9-16(24)12(10-13)11-23-15-7-5-4-6-14(15)17(25)19(20,21)22/h4-11,17,24-25H,1-3H3/t17-/m0/s1. The maximum Gasteiger partial charge on any atom is 0.418 e. The molecule has 2 aromatic carbocycles. The summed E-state index contributed by atoms with van der Waals surface area (Å²) in [5.74, 6) is -0.0226. The molecule has 0 saturated heterocycles. The van der Waals surface area contributed by atoms with E-state index in [1.807, 2.05) is 20.8 Å². The number of aromatic hydroxyl groups is 1. The van der Waals surface area contributed by atoms with E-state index in [2.05, 4.69) is 4.99 Å². The van der Waals surface area contributed by atoms with Gasteiger partial charge in [-0.05, 0) is 29.2 Å². The Bertz CT molecular complexity index is 777. The van der Waals surface area contributed by atoms with Gasteiger partial charge in [-0.25, -0.2) is 0 Å². The van der Waals surface area contributed by atoms with Crippen LogP contribution < -0.4 is 0 Å². The number of nitrogens with zero attached hydrogens (tertiary/aromatic N) is 1. The van der Waals surface area contributed by atoms with Gasteiger partial charge in [-0.2, -0.15) is 13.2 Å². The van der Waals surface area contributed by atoms with Gasteiger partial charge in [0.15, 0.2) is 6.10 Å². The summed E-state index contributed by atoms with van der Waals surface area (Å²) in [6.45, 7) is 6.03. The SMILES string of the molecule is CC(C)(C)c1ccc(O)c(C=Nc2ccccc2[C@H](O)C(F)(F)F)c1. The fourth-order valence-corrected chi connectivity index (χ4v) is 2.28. The van der Waals surface area contributed by atoms with Crippen LogP contribution in [0.15, 0.2) is 47.5 Å². The van der Waals surface area contributed by atoms with Crippen molar-refractivity contribution in [3.05, 3.63) is 59.2 Å². The number of benzene rings is 2. The summed E-state index contributed by atoms with van der Waals surface area (Å²) in [6, 6.07) is 10.5. The van der Waals surface area contributed by atoms with Crippen LogP contribution in [0.2, 0.25) is 0 Å². The summed E-state index contributed by atoms with van der Waals surface area (Å²) in [7, 11) is 0. The first-order valence-corrected chi connectivity index (χ1v) is 7.71. The van der Waals surface area contributed by atoms with Crippen molar-refractivity contribution in [3.8, 4) is 5.75 Å². The van der Waals surface area contributed by atoms with Gasteiger partial charge in [-0.3, -0.25) is 4.99 Å². The van der Waals surface area contributed by atoms with Crippen LogP contribution in [-0.2, 0) is 5.41 Å². The number of hydrogen-bond donors (Lipinski definition) is 2. The lowest BCUT2D eigenvalue weighted by atomic mass is 9.86. The molecule has 2 N–H and O–H groups in total. The second-order valence-electron chi connectivity index (χ2n) is 6.78. The number of phenolic OH excluding ortho intramolecular Hbond substituents is 1. The number of phenols is 1. The van der Waals surface area contributed by atoms with Crippen molar-refractivity contribution in [1.82, 2.24) is 0 Å². The number of aliphatic hydroxyl groups excluding tert-OH is 1. The van der Waals surface area contributed by atoms with Crippen molar-refractivity contribution in [2.24, 2.45) is 4.99 Å². The summed E-state index contributed by atoms with van der Waals surface area (Å²) in [4.78, 5) is 4.05. The topological polar surface area (TPSA) is 52.8 Å². The average Bonchev–Trinajstić information content (AvgIpc) is 2.51. The Kier molecular flexibility index (Phi) is 5.23. The highest BCUT2D eigenvalue weighted by atomic mass is 19.4. The molecule has 2 aromatic rings. The highest BCUT2D eigenvalue weighted by Crippen LogP contribution is 2.37. The van der Waals surface area contributed by atoms with Crippen LogP contribution in [0.3, 0.4) is 0 Å². The van der Waals surface area contributed by atoms with Gasteiger partial charge in [0.2, 0.25) is 0 Å². The molecule has 0 radical (unpaired) electrons. The molecule has 0 heterocycles. The minimum absolute atomic E-state index is 0.00659. The minimum Gasteiger partial charge on any atom is -0.507 e. The van der Waals surface area contributed by atoms with E-state index >= 15 is 0 Å². The smallest absolute Gasteiger partial charge is 0.418 e. The quantitative estimate of drug-likeness (QED) is 0.762. The first-order valence-electron chi connectivity index (χ1n) is 7.71. The first-order chi connectivity index (χ1) is 11.5. The molecule has 0 amide bonds. The van der Waals surface area contributed by atoms with Gasteiger partial charge < -0.3 is 10.2 Å². The van der Waals surface area contributed by atoms with Crippen molar-refractivity contribution in [2.75, 3.05) is 0 Å². The molecule has 2 rings (SSSR count). The Morgan fingerprint density at radius 1 is 1.04 bits per heavy atom. The number of para-hydroxylation sites is 1. The van der Waals surface area contributed by atoms with Gasteiger partial charge in [0.05, 0.1) is 5.69 Å². The van der Waals surface area contributed by atoms with E-state index in [4.69, 9.17) is 0 Å². The third-order valence-corrected chi connectivity index (χ3v) is 3.78. The number of halogens is 3. The lowest BCUT2D eigenvalue weighted by molar-refractivity contribution is -0.206. The average molecular weight is 351 g/mol. The summed E-state index contributed by atoms with van der Waals surface area (Å²) >= 11 is 0. The lowest BCUT2D eigenvalue weighted by Gasteiger charge is -2.19. The Hall–Kier alpha value is -2.34. The predicted octanol–water partition coefficient (Wildman–Crippen LogP) is 5.04. The fraction of sp³-hybridized carbons (Fsp3) is 0.316. The third-order valence-electron chi connectivity index (χ3n) is 3.78. The van der Waals surface area contributed by atoms with E-state index in [1.54, 1.807) is 12.1 Å². The van der Waals surface area contributed by atoms with Crippen LogP contribution in [0.1, 0.15) is 43.6 Å². The van der Waals surface area contributed by atoms with Crippen molar-refractivity contribution in [3.63, 3.8) is 0 Å². The molecule has 0 aliphatic carbocycles. The Morgan fingerprint density at radius 3 is 2.28 bits per heavy atom. The largest absolute Gasteiger partial charge is 0.507 e. The van der Waals surface area contributed by atoms with Gasteiger partial charge in [-0.15, -0.1) is 0 Å². The highest BCUT2D eigenvalue weighted by molar-refractivity contribution is 5.86. The molecule has 0 aliphatic heterocycles. The zero-order valence-electron chi connectivity index (χ0n) is 14.2.